The largest absolute Gasteiger partial charge is 0.377 e. The van der Waals surface area contributed by atoms with Crippen molar-refractivity contribution in [3.05, 3.63) is 40.7 Å². The topological polar surface area (TPSA) is 63.5 Å². The molecule has 3 heterocycles. The van der Waals surface area contributed by atoms with Gasteiger partial charge in [0.05, 0.1) is 30.6 Å². The molecule has 0 spiro atoms. The summed E-state index contributed by atoms with van der Waals surface area (Å²) >= 11 is 0. The van der Waals surface area contributed by atoms with Crippen molar-refractivity contribution in [2.24, 2.45) is 5.92 Å². The molecule has 0 bridgehead atoms. The van der Waals surface area contributed by atoms with Crippen LogP contribution in [-0.2, 0) is 17.7 Å². The van der Waals surface area contributed by atoms with E-state index in [9.17, 15) is 4.79 Å². The third kappa shape index (κ3) is 3.98. The van der Waals surface area contributed by atoms with Crippen LogP contribution in [0.1, 0.15) is 47.1 Å². The molecule has 1 saturated heterocycles. The van der Waals surface area contributed by atoms with Gasteiger partial charge in [0.2, 0.25) is 0 Å². The lowest BCUT2D eigenvalue weighted by molar-refractivity contribution is 0.00322. The van der Waals surface area contributed by atoms with Crippen molar-refractivity contribution in [2.45, 2.75) is 45.7 Å². The number of amides is 1. The van der Waals surface area contributed by atoms with Crippen molar-refractivity contribution in [1.29, 1.82) is 0 Å². The van der Waals surface area contributed by atoms with Crippen molar-refractivity contribution in [2.75, 3.05) is 32.8 Å². The number of carbonyl (C=O) groups is 1. The molecular formula is C22H30ClN5O2. The second-order valence-corrected chi connectivity index (χ2v) is 8.70. The first kappa shape index (κ1) is 21.3. The van der Waals surface area contributed by atoms with E-state index in [2.05, 4.69) is 33.4 Å². The van der Waals surface area contributed by atoms with Crippen LogP contribution in [0.25, 0.3) is 5.69 Å². The Labute approximate surface area is 183 Å². The van der Waals surface area contributed by atoms with Gasteiger partial charge in [-0.05, 0) is 56.2 Å². The number of ether oxygens (including phenoxy) is 1. The van der Waals surface area contributed by atoms with E-state index in [1.165, 1.54) is 30.5 Å². The molecule has 1 aromatic carbocycles. The molecule has 162 valence electrons. The van der Waals surface area contributed by atoms with E-state index >= 15 is 0 Å². The fraction of sp³-hybridized carbons (Fsp3) is 0.591. The molecule has 1 atom stereocenters. The van der Waals surface area contributed by atoms with E-state index in [1.807, 2.05) is 23.4 Å². The molecule has 3 aliphatic rings. The predicted octanol–water partition coefficient (Wildman–Crippen LogP) is 2.63. The zero-order valence-electron chi connectivity index (χ0n) is 17.7. The van der Waals surface area contributed by atoms with Gasteiger partial charge < -0.3 is 9.64 Å². The summed E-state index contributed by atoms with van der Waals surface area (Å²) in [4.78, 5) is 17.5. The van der Waals surface area contributed by atoms with Gasteiger partial charge in [-0.25, -0.2) is 4.68 Å². The molecule has 1 saturated carbocycles. The number of aromatic nitrogens is 3. The quantitative estimate of drug-likeness (QED) is 0.744. The van der Waals surface area contributed by atoms with Crippen LogP contribution in [0, 0.1) is 12.8 Å². The van der Waals surface area contributed by atoms with Crippen LogP contribution in [0.2, 0.25) is 0 Å². The van der Waals surface area contributed by atoms with E-state index in [-0.39, 0.29) is 24.4 Å². The monoisotopic (exact) mass is 431 g/mol. The minimum atomic E-state index is -0.0510. The lowest BCUT2D eigenvalue weighted by Gasteiger charge is -2.32. The Morgan fingerprint density at radius 1 is 1.27 bits per heavy atom. The van der Waals surface area contributed by atoms with Crippen molar-refractivity contribution >= 4 is 18.3 Å². The molecule has 2 aliphatic heterocycles. The van der Waals surface area contributed by atoms with Gasteiger partial charge in [-0.1, -0.05) is 17.3 Å². The van der Waals surface area contributed by atoms with Crippen LogP contribution in [0.4, 0.5) is 0 Å². The molecule has 1 unspecified atom stereocenters. The second kappa shape index (κ2) is 8.65. The highest BCUT2D eigenvalue weighted by atomic mass is 35.5. The normalized spacial score (nSPS) is 21.8. The van der Waals surface area contributed by atoms with Gasteiger partial charge in [0, 0.05) is 26.2 Å². The Morgan fingerprint density at radius 3 is 2.87 bits per heavy atom. The van der Waals surface area contributed by atoms with E-state index in [0.717, 1.165) is 36.8 Å². The maximum absolute atomic E-state index is 13.1. The number of nitrogens with zero attached hydrogens (tertiary/aromatic N) is 5. The first-order chi connectivity index (χ1) is 14.1. The van der Waals surface area contributed by atoms with Crippen LogP contribution < -0.4 is 0 Å². The molecule has 5 rings (SSSR count). The molecule has 1 aromatic heterocycles. The van der Waals surface area contributed by atoms with E-state index in [0.29, 0.717) is 25.5 Å². The molecule has 8 heteroatoms. The number of benzene rings is 1. The number of fused-ring (bicyclic) bond motifs is 1. The standard InChI is InChI=1S/C22H29N5O2.ClH/c1-15-14-29-11-10-26(15)22(28)21-16(2)27(24-23-21)20-5-3-4-18-13-25(9-8-19(18)20)12-17-6-7-17;/h3-5,15,17H,6-14H2,1-2H3;1H. The summed E-state index contributed by atoms with van der Waals surface area (Å²) in [5.74, 6) is 0.860. The summed E-state index contributed by atoms with van der Waals surface area (Å²) < 4.78 is 7.32. The average Bonchev–Trinajstić information content (AvgIpc) is 3.46. The Balaban J connectivity index is 0.00000218. The molecule has 2 aromatic rings. The number of morpholine rings is 1. The zero-order valence-corrected chi connectivity index (χ0v) is 18.5. The highest BCUT2D eigenvalue weighted by Crippen LogP contribution is 2.32. The maximum atomic E-state index is 13.1. The smallest absolute Gasteiger partial charge is 0.276 e. The van der Waals surface area contributed by atoms with Crippen LogP contribution in [-0.4, -0.2) is 69.6 Å². The Kier molecular flexibility index (Phi) is 6.14. The summed E-state index contributed by atoms with van der Waals surface area (Å²) in [5, 5.41) is 8.67. The highest BCUT2D eigenvalue weighted by molar-refractivity contribution is 5.93. The molecule has 1 amide bonds. The predicted molar refractivity (Wildman–Crippen MR) is 116 cm³/mol. The van der Waals surface area contributed by atoms with Crippen LogP contribution >= 0.6 is 12.4 Å². The third-order valence-electron chi connectivity index (χ3n) is 6.49. The molecule has 0 radical (unpaired) electrons. The van der Waals surface area contributed by atoms with E-state index in [4.69, 9.17) is 4.74 Å². The number of halogens is 1. The van der Waals surface area contributed by atoms with Crippen molar-refractivity contribution in [3.8, 4) is 5.69 Å². The van der Waals surface area contributed by atoms with Crippen molar-refractivity contribution in [3.63, 3.8) is 0 Å². The SMILES string of the molecule is Cc1c(C(=O)N2CCOCC2C)nnn1-c1cccc2c1CCN(CC1CC1)C2.Cl. The lowest BCUT2D eigenvalue weighted by Crippen LogP contribution is -2.47. The lowest BCUT2D eigenvalue weighted by atomic mass is 9.97. The van der Waals surface area contributed by atoms with Crippen LogP contribution in [0.5, 0.6) is 0 Å². The summed E-state index contributed by atoms with van der Waals surface area (Å²) in [7, 11) is 0. The number of carbonyl (C=O) groups excluding carboxylic acids is 1. The fourth-order valence-electron chi connectivity index (χ4n) is 4.59. The minimum Gasteiger partial charge on any atom is -0.377 e. The molecule has 2 fully saturated rings. The van der Waals surface area contributed by atoms with Gasteiger partial charge in [0.25, 0.3) is 5.91 Å². The molecule has 1 aliphatic carbocycles. The first-order valence-electron chi connectivity index (χ1n) is 10.8. The summed E-state index contributed by atoms with van der Waals surface area (Å²) in [6.07, 6.45) is 3.79. The Bertz CT molecular complexity index is 926. The number of hydrogen-bond acceptors (Lipinski definition) is 5. The van der Waals surface area contributed by atoms with Gasteiger partial charge >= 0.3 is 0 Å². The van der Waals surface area contributed by atoms with Gasteiger partial charge in [0.1, 0.15) is 0 Å². The third-order valence-corrected chi connectivity index (χ3v) is 6.49. The summed E-state index contributed by atoms with van der Waals surface area (Å²) in [6, 6.07) is 6.48. The molecule has 30 heavy (non-hydrogen) atoms. The summed E-state index contributed by atoms with van der Waals surface area (Å²) in [5.41, 5.74) is 5.03. The van der Waals surface area contributed by atoms with Gasteiger partial charge in [-0.2, -0.15) is 0 Å². The fourth-order valence-corrected chi connectivity index (χ4v) is 4.59. The maximum Gasteiger partial charge on any atom is 0.276 e. The number of hydrogen-bond donors (Lipinski definition) is 0. The Morgan fingerprint density at radius 2 is 2.10 bits per heavy atom. The van der Waals surface area contributed by atoms with Gasteiger partial charge in [0.15, 0.2) is 5.69 Å². The minimum absolute atomic E-state index is 0. The number of rotatable bonds is 4. The molecule has 7 nitrogen and oxygen atoms in total. The van der Waals surface area contributed by atoms with Crippen LogP contribution in [0.3, 0.4) is 0 Å². The first-order valence-corrected chi connectivity index (χ1v) is 10.8. The van der Waals surface area contributed by atoms with Gasteiger partial charge in [-0.15, -0.1) is 17.5 Å². The second-order valence-electron chi connectivity index (χ2n) is 8.70. The van der Waals surface area contributed by atoms with Gasteiger partial charge in [-0.3, -0.25) is 9.69 Å². The van der Waals surface area contributed by atoms with Crippen molar-refractivity contribution < 1.29 is 9.53 Å². The van der Waals surface area contributed by atoms with E-state index in [1.54, 1.807) is 0 Å². The molecular weight excluding hydrogens is 402 g/mol. The average molecular weight is 432 g/mol. The zero-order chi connectivity index (χ0) is 20.0. The van der Waals surface area contributed by atoms with Crippen molar-refractivity contribution in [1.82, 2.24) is 24.8 Å². The Hall–Kier alpha value is -1.96. The van der Waals surface area contributed by atoms with Crippen LogP contribution in [0.15, 0.2) is 18.2 Å². The summed E-state index contributed by atoms with van der Waals surface area (Å²) in [6.45, 7) is 9.02. The van der Waals surface area contributed by atoms with E-state index < -0.39 is 0 Å². The molecule has 0 N–H and O–H groups in total. The highest BCUT2D eigenvalue weighted by Gasteiger charge is 2.30.